The maximum atomic E-state index is 12.1. The van der Waals surface area contributed by atoms with Crippen LogP contribution < -0.4 is 0 Å². The highest BCUT2D eigenvalue weighted by molar-refractivity contribution is 8.00. The molecule has 2 nitrogen and oxygen atoms in total. The summed E-state index contributed by atoms with van der Waals surface area (Å²) >= 11 is 1.56. The van der Waals surface area contributed by atoms with E-state index < -0.39 is 0 Å². The molecule has 0 aliphatic rings. The van der Waals surface area contributed by atoms with Gasteiger partial charge in [-0.25, -0.2) is 0 Å². The Balaban J connectivity index is 2.10. The predicted molar refractivity (Wildman–Crippen MR) is 82.9 cm³/mol. The number of esters is 1. The fraction of sp³-hybridized carbons (Fsp3) is 0.235. The molecule has 1 atom stereocenters. The lowest BCUT2D eigenvalue weighted by atomic mass is 10.1. The van der Waals surface area contributed by atoms with Crippen molar-refractivity contribution in [1.82, 2.24) is 0 Å². The first-order chi connectivity index (χ1) is 9.79. The van der Waals surface area contributed by atoms with Crippen molar-refractivity contribution in [2.45, 2.75) is 23.5 Å². The van der Waals surface area contributed by atoms with Crippen LogP contribution in [0.4, 0.5) is 0 Å². The number of hydrogen-bond acceptors (Lipinski definition) is 3. The molecule has 2 rings (SSSR count). The van der Waals surface area contributed by atoms with Gasteiger partial charge in [-0.2, -0.15) is 0 Å². The lowest BCUT2D eigenvalue weighted by Gasteiger charge is -2.15. The molecule has 0 bridgehead atoms. The van der Waals surface area contributed by atoms with Crippen molar-refractivity contribution in [3.8, 4) is 0 Å². The summed E-state index contributed by atoms with van der Waals surface area (Å²) in [6, 6.07) is 20.0. The third-order valence-corrected chi connectivity index (χ3v) is 4.02. The van der Waals surface area contributed by atoms with E-state index in [1.165, 1.54) is 0 Å². The van der Waals surface area contributed by atoms with Gasteiger partial charge in [-0.15, -0.1) is 11.8 Å². The minimum Gasteiger partial charge on any atom is -0.465 e. The van der Waals surface area contributed by atoms with E-state index in [-0.39, 0.29) is 11.2 Å². The van der Waals surface area contributed by atoms with Gasteiger partial charge >= 0.3 is 5.97 Å². The molecule has 0 saturated carbocycles. The Morgan fingerprint density at radius 3 is 2.25 bits per heavy atom. The summed E-state index contributed by atoms with van der Waals surface area (Å²) in [7, 11) is 0. The first-order valence-corrected chi connectivity index (χ1v) is 7.60. The van der Waals surface area contributed by atoms with E-state index in [1.54, 1.807) is 11.8 Å². The zero-order valence-corrected chi connectivity index (χ0v) is 12.3. The van der Waals surface area contributed by atoms with Crippen molar-refractivity contribution in [1.29, 1.82) is 0 Å². The number of ether oxygens (including phenoxy) is 1. The molecule has 20 heavy (non-hydrogen) atoms. The third kappa shape index (κ3) is 4.42. The summed E-state index contributed by atoms with van der Waals surface area (Å²) in [6.45, 7) is 2.25. The van der Waals surface area contributed by atoms with Crippen LogP contribution in [0.5, 0.6) is 0 Å². The Bertz CT molecular complexity index is 484. The smallest absolute Gasteiger partial charge is 0.319 e. The number of thioether (sulfide) groups is 1. The van der Waals surface area contributed by atoms with E-state index in [4.69, 9.17) is 4.74 Å². The molecule has 0 saturated heterocycles. The van der Waals surface area contributed by atoms with Gasteiger partial charge in [-0.05, 0) is 31.0 Å². The lowest BCUT2D eigenvalue weighted by Crippen LogP contribution is -2.22. The number of hydrogen-bond donors (Lipinski definition) is 0. The van der Waals surface area contributed by atoms with Gasteiger partial charge in [0.25, 0.3) is 0 Å². The van der Waals surface area contributed by atoms with Crippen LogP contribution in [0.15, 0.2) is 65.6 Å². The highest BCUT2D eigenvalue weighted by Crippen LogP contribution is 2.26. The summed E-state index contributed by atoms with van der Waals surface area (Å²) in [5, 5.41) is -0.209. The molecule has 0 N–H and O–H groups in total. The number of benzene rings is 2. The summed E-state index contributed by atoms with van der Waals surface area (Å²) < 4.78 is 5.19. The molecule has 0 heterocycles. The average Bonchev–Trinajstić information content (AvgIpc) is 2.49. The summed E-state index contributed by atoms with van der Waals surface area (Å²) in [5.74, 6) is -0.148. The van der Waals surface area contributed by atoms with E-state index in [1.807, 2.05) is 67.6 Å². The SMILES string of the molecule is CCOC(=O)[C@H](Cc1ccccc1)Sc1ccccc1. The standard InChI is InChI=1S/C17H18O2S/c1-2-19-17(18)16(13-14-9-5-3-6-10-14)20-15-11-7-4-8-12-15/h3-12,16H,2,13H2,1H3/t16-/m0/s1. The molecule has 2 aromatic rings. The highest BCUT2D eigenvalue weighted by Gasteiger charge is 2.21. The second kappa shape index (κ2) is 7.75. The molecule has 0 fully saturated rings. The van der Waals surface area contributed by atoms with Gasteiger partial charge in [0.05, 0.1) is 6.61 Å². The lowest BCUT2D eigenvalue weighted by molar-refractivity contribution is -0.142. The fourth-order valence-electron chi connectivity index (χ4n) is 1.90. The molecule has 0 radical (unpaired) electrons. The van der Waals surface area contributed by atoms with Crippen LogP contribution in [0.25, 0.3) is 0 Å². The first kappa shape index (κ1) is 14.7. The molecule has 0 aromatic heterocycles. The highest BCUT2D eigenvalue weighted by atomic mass is 32.2. The summed E-state index contributed by atoms with van der Waals surface area (Å²) in [6.07, 6.45) is 0.680. The Kier molecular flexibility index (Phi) is 5.69. The molecular formula is C17H18O2S. The van der Waals surface area contributed by atoms with Crippen molar-refractivity contribution in [2.75, 3.05) is 6.61 Å². The van der Waals surface area contributed by atoms with E-state index in [0.717, 1.165) is 10.5 Å². The maximum absolute atomic E-state index is 12.1. The van der Waals surface area contributed by atoms with Crippen molar-refractivity contribution in [2.24, 2.45) is 0 Å². The molecule has 0 amide bonds. The second-order valence-electron chi connectivity index (χ2n) is 4.36. The monoisotopic (exact) mass is 286 g/mol. The second-order valence-corrected chi connectivity index (χ2v) is 5.64. The Labute approximate surface area is 124 Å². The van der Waals surface area contributed by atoms with Crippen LogP contribution in [0.1, 0.15) is 12.5 Å². The maximum Gasteiger partial charge on any atom is 0.319 e. The Morgan fingerprint density at radius 2 is 1.65 bits per heavy atom. The average molecular weight is 286 g/mol. The summed E-state index contributed by atoms with van der Waals surface area (Å²) in [4.78, 5) is 13.2. The zero-order valence-electron chi connectivity index (χ0n) is 11.5. The van der Waals surface area contributed by atoms with Gasteiger partial charge in [0, 0.05) is 4.90 Å². The van der Waals surface area contributed by atoms with E-state index in [9.17, 15) is 4.79 Å². The quantitative estimate of drug-likeness (QED) is 0.594. The van der Waals surface area contributed by atoms with Crippen molar-refractivity contribution >= 4 is 17.7 Å². The van der Waals surface area contributed by atoms with Gasteiger partial charge in [-0.3, -0.25) is 4.79 Å². The normalized spacial score (nSPS) is 11.8. The first-order valence-electron chi connectivity index (χ1n) is 6.72. The van der Waals surface area contributed by atoms with Crippen molar-refractivity contribution in [3.63, 3.8) is 0 Å². The van der Waals surface area contributed by atoms with Crippen molar-refractivity contribution in [3.05, 3.63) is 66.2 Å². The van der Waals surface area contributed by atoms with E-state index >= 15 is 0 Å². The largest absolute Gasteiger partial charge is 0.465 e. The van der Waals surface area contributed by atoms with Crippen LogP contribution in [-0.4, -0.2) is 17.8 Å². The number of rotatable bonds is 6. The molecule has 2 aromatic carbocycles. The van der Waals surface area contributed by atoms with Gasteiger partial charge in [-0.1, -0.05) is 48.5 Å². The molecular weight excluding hydrogens is 268 g/mol. The van der Waals surface area contributed by atoms with Crippen molar-refractivity contribution < 1.29 is 9.53 Å². The van der Waals surface area contributed by atoms with Gasteiger partial charge in [0.2, 0.25) is 0 Å². The third-order valence-electron chi connectivity index (χ3n) is 2.83. The van der Waals surface area contributed by atoms with E-state index in [0.29, 0.717) is 13.0 Å². The minimum absolute atomic E-state index is 0.148. The molecule has 0 aliphatic carbocycles. The topological polar surface area (TPSA) is 26.3 Å². The molecule has 104 valence electrons. The van der Waals surface area contributed by atoms with Crippen LogP contribution in [0.3, 0.4) is 0 Å². The van der Waals surface area contributed by atoms with Crippen LogP contribution in [0, 0.1) is 0 Å². The zero-order chi connectivity index (χ0) is 14.2. The molecule has 0 unspecified atom stereocenters. The number of carbonyl (C=O) groups is 1. The van der Waals surface area contributed by atoms with E-state index in [2.05, 4.69) is 0 Å². The molecule has 0 spiro atoms. The predicted octanol–water partition coefficient (Wildman–Crippen LogP) is 3.95. The van der Waals surface area contributed by atoms with Crippen LogP contribution in [0.2, 0.25) is 0 Å². The molecule has 3 heteroatoms. The van der Waals surface area contributed by atoms with Crippen LogP contribution in [-0.2, 0) is 16.0 Å². The Morgan fingerprint density at radius 1 is 1.05 bits per heavy atom. The molecule has 0 aliphatic heterocycles. The Hall–Kier alpha value is -1.74. The fourth-order valence-corrected chi connectivity index (χ4v) is 2.98. The minimum atomic E-state index is -0.209. The van der Waals surface area contributed by atoms with Crippen LogP contribution >= 0.6 is 11.8 Å². The number of carbonyl (C=O) groups excluding carboxylic acids is 1. The van der Waals surface area contributed by atoms with Gasteiger partial charge < -0.3 is 4.74 Å². The van der Waals surface area contributed by atoms with Gasteiger partial charge in [0.15, 0.2) is 0 Å². The van der Waals surface area contributed by atoms with Gasteiger partial charge in [0.1, 0.15) is 5.25 Å². The summed E-state index contributed by atoms with van der Waals surface area (Å²) in [5.41, 5.74) is 1.15.